The van der Waals surface area contributed by atoms with Crippen LogP contribution in [0.3, 0.4) is 0 Å². The van der Waals surface area contributed by atoms with E-state index in [0.29, 0.717) is 16.4 Å². The van der Waals surface area contributed by atoms with E-state index in [1.165, 1.54) is 4.40 Å². The summed E-state index contributed by atoms with van der Waals surface area (Å²) in [7, 11) is 1.89. The van der Waals surface area contributed by atoms with Crippen LogP contribution in [0.2, 0.25) is 5.02 Å². The maximum absolute atomic E-state index is 13.1. The van der Waals surface area contributed by atoms with Crippen LogP contribution in [0.1, 0.15) is 41.7 Å². The number of halogens is 4. The predicted molar refractivity (Wildman–Crippen MR) is 114 cm³/mol. The van der Waals surface area contributed by atoms with E-state index in [0.717, 1.165) is 31.9 Å². The number of imidazole rings is 1. The molecule has 31 heavy (non-hydrogen) atoms. The van der Waals surface area contributed by atoms with Crippen LogP contribution >= 0.6 is 11.6 Å². The predicted octanol–water partition coefficient (Wildman–Crippen LogP) is 5.18. The molecule has 1 N–H and O–H groups in total. The summed E-state index contributed by atoms with van der Waals surface area (Å²) in [5.74, 6) is 0.508. The molecule has 2 aromatic heterocycles. The third-order valence-corrected chi connectivity index (χ3v) is 6.02. The molecule has 3 aromatic rings. The molecule has 164 valence electrons. The van der Waals surface area contributed by atoms with Crippen LogP contribution in [0, 0.1) is 0 Å². The maximum Gasteiger partial charge on any atom is 0.434 e. The lowest BCUT2D eigenvalue weighted by Crippen LogP contribution is -2.43. The van der Waals surface area contributed by atoms with E-state index in [1.807, 2.05) is 11.9 Å². The van der Waals surface area contributed by atoms with Crippen LogP contribution in [0.5, 0.6) is 0 Å². The van der Waals surface area contributed by atoms with Crippen LogP contribution < -0.4 is 10.2 Å². The Hall–Kier alpha value is -2.74. The summed E-state index contributed by atoms with van der Waals surface area (Å²) in [4.78, 5) is 18.2. The minimum absolute atomic E-state index is 0.0528. The van der Waals surface area contributed by atoms with E-state index < -0.39 is 11.9 Å². The van der Waals surface area contributed by atoms with Gasteiger partial charge in [-0.15, -0.1) is 0 Å². The fourth-order valence-electron chi connectivity index (χ4n) is 4.11. The summed E-state index contributed by atoms with van der Waals surface area (Å²) in [6.07, 6.45) is -0.244. The molecule has 0 aliphatic heterocycles. The van der Waals surface area contributed by atoms with Gasteiger partial charge < -0.3 is 10.2 Å². The van der Waals surface area contributed by atoms with Crippen molar-refractivity contribution in [3.63, 3.8) is 0 Å². The fourth-order valence-corrected chi connectivity index (χ4v) is 4.30. The zero-order valence-corrected chi connectivity index (χ0v) is 17.6. The number of hydrogen-bond donors (Lipinski definition) is 1. The second kappa shape index (κ2) is 8.42. The molecule has 0 unspecified atom stereocenters. The Morgan fingerprint density at radius 2 is 1.87 bits per heavy atom. The van der Waals surface area contributed by atoms with Crippen molar-refractivity contribution >= 4 is 29.0 Å². The average Bonchev–Trinajstić information content (AvgIpc) is 3.19. The highest BCUT2D eigenvalue weighted by molar-refractivity contribution is 6.30. The fraction of sp³-hybridized carbons (Fsp3) is 0.364. The first-order chi connectivity index (χ1) is 14.7. The van der Waals surface area contributed by atoms with Crippen molar-refractivity contribution in [3.8, 4) is 0 Å². The highest BCUT2D eigenvalue weighted by Gasteiger charge is 2.34. The van der Waals surface area contributed by atoms with Gasteiger partial charge in [0.1, 0.15) is 11.5 Å². The van der Waals surface area contributed by atoms with Gasteiger partial charge in [0, 0.05) is 35.9 Å². The molecule has 1 amide bonds. The number of pyridine rings is 1. The third kappa shape index (κ3) is 4.63. The number of aromatic nitrogens is 2. The normalized spacial score (nSPS) is 19.4. The van der Waals surface area contributed by atoms with Crippen LogP contribution in [0.25, 0.3) is 5.65 Å². The van der Waals surface area contributed by atoms with Gasteiger partial charge in [0.05, 0.1) is 0 Å². The van der Waals surface area contributed by atoms with Gasteiger partial charge in [-0.1, -0.05) is 23.7 Å². The molecule has 1 aliphatic carbocycles. The molecule has 2 heterocycles. The molecule has 0 saturated heterocycles. The van der Waals surface area contributed by atoms with Gasteiger partial charge in [0.2, 0.25) is 0 Å². The highest BCUT2D eigenvalue weighted by Crippen LogP contribution is 2.31. The summed E-state index contributed by atoms with van der Waals surface area (Å²) >= 11 is 5.96. The summed E-state index contributed by atoms with van der Waals surface area (Å²) in [5.41, 5.74) is -0.112. The first-order valence-corrected chi connectivity index (χ1v) is 10.4. The second-order valence-corrected chi connectivity index (χ2v) is 8.27. The van der Waals surface area contributed by atoms with Gasteiger partial charge in [0.15, 0.2) is 5.69 Å². The SMILES string of the molecule is CN(c1cccc2nc(C(F)(F)F)cn12)C1CCC(NC(=O)c2cccc(Cl)c2)CC1. The van der Waals surface area contributed by atoms with Gasteiger partial charge in [0.25, 0.3) is 5.91 Å². The molecular formula is C22H22ClF3N4O. The van der Waals surface area contributed by atoms with Crippen molar-refractivity contribution in [3.05, 3.63) is 64.9 Å². The van der Waals surface area contributed by atoms with Gasteiger partial charge >= 0.3 is 6.18 Å². The lowest BCUT2D eigenvalue weighted by atomic mass is 9.90. The molecule has 4 rings (SSSR count). The molecule has 0 bridgehead atoms. The molecule has 1 saturated carbocycles. The standard InChI is InChI=1S/C22H22ClF3N4O/c1-29(20-7-3-6-19-28-18(13-30(19)20)22(24,25)26)17-10-8-16(9-11-17)27-21(31)14-4-2-5-15(23)12-14/h2-7,12-13,16-17H,8-11H2,1H3,(H,27,31). The number of amides is 1. The maximum atomic E-state index is 13.1. The molecule has 0 atom stereocenters. The van der Waals surface area contributed by atoms with E-state index in [4.69, 9.17) is 11.6 Å². The highest BCUT2D eigenvalue weighted by atomic mass is 35.5. The van der Waals surface area contributed by atoms with Crippen LogP contribution in [-0.4, -0.2) is 34.4 Å². The summed E-state index contributed by atoms with van der Waals surface area (Å²) < 4.78 is 40.7. The quantitative estimate of drug-likeness (QED) is 0.595. The average molecular weight is 451 g/mol. The summed E-state index contributed by atoms with van der Waals surface area (Å²) in [6.45, 7) is 0. The first kappa shape index (κ1) is 21.5. The minimum atomic E-state index is -4.49. The number of carbonyl (C=O) groups is 1. The van der Waals surface area contributed by atoms with Crippen molar-refractivity contribution in [1.82, 2.24) is 14.7 Å². The number of benzene rings is 1. The molecule has 1 aliphatic rings. The van der Waals surface area contributed by atoms with E-state index >= 15 is 0 Å². The van der Waals surface area contributed by atoms with Crippen molar-refractivity contribution < 1.29 is 18.0 Å². The van der Waals surface area contributed by atoms with Gasteiger partial charge in [-0.2, -0.15) is 13.2 Å². The zero-order chi connectivity index (χ0) is 22.2. The smallest absolute Gasteiger partial charge is 0.358 e. The number of nitrogens with one attached hydrogen (secondary N) is 1. The Labute approximate surface area is 182 Å². The Bertz CT molecular complexity index is 1090. The molecular weight excluding hydrogens is 429 g/mol. The molecule has 5 nitrogen and oxygen atoms in total. The molecule has 1 aromatic carbocycles. The summed E-state index contributed by atoms with van der Waals surface area (Å²) in [5, 5.41) is 3.57. The van der Waals surface area contributed by atoms with Crippen molar-refractivity contribution in [2.24, 2.45) is 0 Å². The number of nitrogens with zero attached hydrogens (tertiary/aromatic N) is 3. The van der Waals surface area contributed by atoms with Crippen molar-refractivity contribution in [2.75, 3.05) is 11.9 Å². The largest absolute Gasteiger partial charge is 0.434 e. The minimum Gasteiger partial charge on any atom is -0.358 e. The van der Waals surface area contributed by atoms with Crippen LogP contribution in [0.15, 0.2) is 48.7 Å². The second-order valence-electron chi connectivity index (χ2n) is 7.84. The van der Waals surface area contributed by atoms with E-state index in [2.05, 4.69) is 10.3 Å². The number of hydrogen-bond acceptors (Lipinski definition) is 3. The Kier molecular flexibility index (Phi) is 5.83. The van der Waals surface area contributed by atoms with Crippen LogP contribution in [-0.2, 0) is 6.18 Å². The van der Waals surface area contributed by atoms with E-state index in [-0.39, 0.29) is 23.6 Å². The number of fused-ring (bicyclic) bond motifs is 1. The first-order valence-electron chi connectivity index (χ1n) is 10.1. The number of rotatable bonds is 4. The monoisotopic (exact) mass is 450 g/mol. The number of alkyl halides is 3. The number of carbonyl (C=O) groups excluding carboxylic acids is 1. The summed E-state index contributed by atoms with van der Waals surface area (Å²) in [6, 6.07) is 12.1. The topological polar surface area (TPSA) is 49.6 Å². The Balaban J connectivity index is 1.42. The van der Waals surface area contributed by atoms with Gasteiger partial charge in [-0.25, -0.2) is 4.98 Å². The van der Waals surface area contributed by atoms with Crippen molar-refractivity contribution in [2.45, 2.75) is 43.9 Å². The van der Waals surface area contributed by atoms with Crippen molar-refractivity contribution in [1.29, 1.82) is 0 Å². The zero-order valence-electron chi connectivity index (χ0n) is 16.9. The molecule has 9 heteroatoms. The van der Waals surface area contributed by atoms with E-state index in [9.17, 15) is 18.0 Å². The van der Waals surface area contributed by atoms with E-state index in [1.54, 1.807) is 42.5 Å². The lowest BCUT2D eigenvalue weighted by molar-refractivity contribution is -0.140. The van der Waals surface area contributed by atoms with Gasteiger partial charge in [-0.05, 0) is 56.0 Å². The lowest BCUT2D eigenvalue weighted by Gasteiger charge is -2.36. The third-order valence-electron chi connectivity index (χ3n) is 5.79. The molecule has 1 fully saturated rings. The Morgan fingerprint density at radius 1 is 1.16 bits per heavy atom. The number of anilines is 1. The van der Waals surface area contributed by atoms with Gasteiger partial charge in [-0.3, -0.25) is 9.20 Å². The molecule has 0 spiro atoms. The molecule has 0 radical (unpaired) electrons. The van der Waals surface area contributed by atoms with Crippen LogP contribution in [0.4, 0.5) is 19.0 Å². The Morgan fingerprint density at radius 3 is 2.55 bits per heavy atom.